The number of nitrogens with zero attached hydrogens (tertiary/aromatic N) is 1. The first-order chi connectivity index (χ1) is 13.9. The fourth-order valence-corrected chi connectivity index (χ4v) is 4.83. The van der Waals surface area contributed by atoms with Gasteiger partial charge in [0.1, 0.15) is 5.82 Å². The van der Waals surface area contributed by atoms with Gasteiger partial charge >= 0.3 is 0 Å². The Morgan fingerprint density at radius 2 is 2.03 bits per heavy atom. The monoisotopic (exact) mass is 550 g/mol. The van der Waals surface area contributed by atoms with E-state index in [1.165, 1.54) is 29.9 Å². The van der Waals surface area contributed by atoms with E-state index < -0.39 is 21.6 Å². The minimum atomic E-state index is -3.72. The number of hydrogen-bond acceptors (Lipinski definition) is 5. The van der Waals surface area contributed by atoms with Crippen LogP contribution < -0.4 is 10.3 Å². The van der Waals surface area contributed by atoms with Crippen molar-refractivity contribution in [3.8, 4) is 0 Å². The molecule has 1 aliphatic rings. The first kappa shape index (κ1) is 23.2. The third-order valence-electron chi connectivity index (χ3n) is 4.75. The molecule has 1 aliphatic heterocycles. The van der Waals surface area contributed by atoms with E-state index >= 15 is 0 Å². The maximum absolute atomic E-state index is 14.3. The summed E-state index contributed by atoms with van der Waals surface area (Å²) >= 11 is 2.01. The summed E-state index contributed by atoms with van der Waals surface area (Å²) < 4.78 is 55.3. The minimum Gasteiger partial charge on any atom is -0.348 e. The Labute approximate surface area is 188 Å². The van der Waals surface area contributed by atoms with Crippen molar-refractivity contribution in [2.75, 3.05) is 17.1 Å². The molecule has 2 aromatic rings. The van der Waals surface area contributed by atoms with Crippen molar-refractivity contribution in [1.29, 1.82) is 0 Å². The molecule has 0 bridgehead atoms. The molecule has 1 saturated heterocycles. The number of hydrogen-bond donors (Lipinski definition) is 1. The van der Waals surface area contributed by atoms with Crippen LogP contribution in [0.5, 0.6) is 0 Å². The van der Waals surface area contributed by atoms with E-state index in [0.29, 0.717) is 17.7 Å². The predicted molar refractivity (Wildman–Crippen MR) is 121 cm³/mol. The van der Waals surface area contributed by atoms with Crippen molar-refractivity contribution in [2.24, 2.45) is 7.05 Å². The van der Waals surface area contributed by atoms with Crippen LogP contribution in [0.3, 0.4) is 0 Å². The second-order valence-electron chi connectivity index (χ2n) is 7.73. The van der Waals surface area contributed by atoms with Crippen molar-refractivity contribution in [3.05, 3.63) is 61.3 Å². The van der Waals surface area contributed by atoms with Gasteiger partial charge in [0.15, 0.2) is 5.79 Å². The Kier molecular flexibility index (Phi) is 6.90. The van der Waals surface area contributed by atoms with Crippen molar-refractivity contribution >= 4 is 38.3 Å². The van der Waals surface area contributed by atoms with Crippen LogP contribution in [0.4, 0.5) is 10.1 Å². The molecule has 1 unspecified atom stereocenters. The van der Waals surface area contributed by atoms with Crippen LogP contribution in [0, 0.1) is 9.39 Å². The summed E-state index contributed by atoms with van der Waals surface area (Å²) in [6, 6.07) is 6.11. The summed E-state index contributed by atoms with van der Waals surface area (Å²) in [6.07, 6.45) is 1.46. The first-order valence-corrected chi connectivity index (χ1v) is 12.1. The van der Waals surface area contributed by atoms with Gasteiger partial charge in [-0.2, -0.15) is 0 Å². The number of halogens is 2. The fourth-order valence-electron chi connectivity index (χ4n) is 3.19. The van der Waals surface area contributed by atoms with Crippen LogP contribution in [0.25, 0.3) is 0 Å². The number of ether oxygens (including phenoxy) is 2. The number of aryl methyl sites for hydroxylation is 1. The molecule has 3 rings (SSSR count). The van der Waals surface area contributed by atoms with Crippen LogP contribution in [0.1, 0.15) is 31.4 Å². The summed E-state index contributed by atoms with van der Waals surface area (Å²) in [5.41, 5.74) is 0.725. The van der Waals surface area contributed by atoms with Gasteiger partial charge in [0, 0.05) is 29.3 Å². The van der Waals surface area contributed by atoms with Crippen LogP contribution in [0.15, 0.2) is 35.3 Å². The summed E-state index contributed by atoms with van der Waals surface area (Å²) in [5.74, 6) is -1.29. The van der Waals surface area contributed by atoms with Crippen molar-refractivity contribution in [1.82, 2.24) is 4.57 Å². The Bertz CT molecular complexity index is 1100. The average Bonchev–Trinajstić information content (AvgIpc) is 2.99. The maximum atomic E-state index is 14.3. The van der Waals surface area contributed by atoms with Crippen LogP contribution in [-0.4, -0.2) is 37.2 Å². The predicted octanol–water partition coefficient (Wildman–Crippen LogP) is 3.00. The lowest BCUT2D eigenvalue weighted by Gasteiger charge is -2.17. The highest BCUT2D eigenvalue weighted by Gasteiger charge is 2.33. The van der Waals surface area contributed by atoms with E-state index in [1.807, 2.05) is 22.6 Å². The molecule has 0 saturated carbocycles. The molecule has 0 radical (unpaired) electrons. The van der Waals surface area contributed by atoms with Crippen molar-refractivity contribution < 1.29 is 22.3 Å². The maximum Gasteiger partial charge on any atom is 0.250 e. The molecule has 2 heterocycles. The summed E-state index contributed by atoms with van der Waals surface area (Å²) in [7, 11) is -2.19. The largest absolute Gasteiger partial charge is 0.348 e. The van der Waals surface area contributed by atoms with E-state index in [1.54, 1.807) is 26.0 Å². The lowest BCUT2D eigenvalue weighted by atomic mass is 10.0. The second kappa shape index (κ2) is 8.93. The number of rotatable bonds is 7. The van der Waals surface area contributed by atoms with Gasteiger partial charge in [0.25, 0.3) is 5.56 Å². The molecule has 1 N–H and O–H groups in total. The lowest BCUT2D eigenvalue weighted by Crippen LogP contribution is -2.26. The van der Waals surface area contributed by atoms with Gasteiger partial charge in [-0.1, -0.05) is 6.07 Å². The zero-order chi connectivity index (χ0) is 22.1. The van der Waals surface area contributed by atoms with Gasteiger partial charge in [-0.05, 0) is 66.1 Å². The third kappa shape index (κ3) is 6.02. The number of nitrogens with one attached hydrogen (secondary N) is 1. The molecule has 1 atom stereocenters. The van der Waals surface area contributed by atoms with Gasteiger partial charge in [-0.25, -0.2) is 12.8 Å². The Hall–Kier alpha value is -1.50. The highest BCUT2D eigenvalue weighted by molar-refractivity contribution is 14.1. The normalized spacial score (nSPS) is 18.5. The van der Waals surface area contributed by atoms with E-state index in [9.17, 15) is 17.6 Å². The molecular formula is C20H24FIN2O5S. The van der Waals surface area contributed by atoms with Crippen LogP contribution in [-0.2, 0) is 33.0 Å². The number of pyridine rings is 1. The Morgan fingerprint density at radius 1 is 1.30 bits per heavy atom. The van der Waals surface area contributed by atoms with Crippen molar-refractivity contribution in [2.45, 2.75) is 38.6 Å². The van der Waals surface area contributed by atoms with Gasteiger partial charge in [-0.15, -0.1) is 0 Å². The van der Waals surface area contributed by atoms with Gasteiger partial charge < -0.3 is 14.0 Å². The molecule has 1 aromatic carbocycles. The number of benzene rings is 1. The fraction of sp³-hybridized carbons (Fsp3) is 0.450. The van der Waals surface area contributed by atoms with Crippen molar-refractivity contribution in [3.63, 3.8) is 0 Å². The first-order valence-electron chi connectivity index (χ1n) is 9.40. The SMILES string of the molecule is Cn1cc(NS(=O)(=O)CCC2COC(C)(C)O2)c(Cc2ccc(I)cc2F)cc1=O. The van der Waals surface area contributed by atoms with E-state index in [-0.39, 0.29) is 35.9 Å². The summed E-state index contributed by atoms with van der Waals surface area (Å²) in [4.78, 5) is 12.1. The zero-order valence-electron chi connectivity index (χ0n) is 16.9. The topological polar surface area (TPSA) is 86.6 Å². The molecule has 7 nitrogen and oxygen atoms in total. The van der Waals surface area contributed by atoms with Gasteiger partial charge in [0.05, 0.1) is 24.2 Å². The molecule has 10 heteroatoms. The standard InChI is InChI=1S/C20H24FIN2O5S/c1-20(2)28-12-16(29-20)6-7-30(26,27)23-18-11-24(3)19(25)9-14(18)8-13-4-5-15(22)10-17(13)21/h4-5,9-11,16,23H,6-8,12H2,1-3H3. The number of anilines is 1. The molecule has 164 valence electrons. The van der Waals surface area contributed by atoms with Gasteiger partial charge in [0.2, 0.25) is 10.0 Å². The second-order valence-corrected chi connectivity index (χ2v) is 10.8. The molecular weight excluding hydrogens is 526 g/mol. The Balaban J connectivity index is 1.79. The number of aromatic nitrogens is 1. The quantitative estimate of drug-likeness (QED) is 0.536. The molecule has 0 amide bonds. The van der Waals surface area contributed by atoms with Crippen LogP contribution >= 0.6 is 22.6 Å². The molecule has 0 spiro atoms. The molecule has 1 fully saturated rings. The minimum absolute atomic E-state index is 0.0878. The van der Waals surface area contributed by atoms with Crippen LogP contribution in [0.2, 0.25) is 0 Å². The van der Waals surface area contributed by atoms with Gasteiger partial charge in [-0.3, -0.25) is 9.52 Å². The highest BCUT2D eigenvalue weighted by atomic mass is 127. The smallest absolute Gasteiger partial charge is 0.250 e. The van der Waals surface area contributed by atoms with E-state index in [2.05, 4.69) is 4.72 Å². The van der Waals surface area contributed by atoms with E-state index in [0.717, 1.165) is 3.57 Å². The summed E-state index contributed by atoms with van der Waals surface area (Å²) in [5, 5.41) is 0. The molecule has 30 heavy (non-hydrogen) atoms. The molecule has 0 aliphatic carbocycles. The number of sulfonamides is 1. The lowest BCUT2D eigenvalue weighted by molar-refractivity contribution is -0.138. The average molecular weight is 550 g/mol. The summed E-state index contributed by atoms with van der Waals surface area (Å²) in [6.45, 7) is 3.89. The highest BCUT2D eigenvalue weighted by Crippen LogP contribution is 2.25. The zero-order valence-corrected chi connectivity index (χ0v) is 19.9. The van der Waals surface area contributed by atoms with E-state index in [4.69, 9.17) is 9.47 Å². The molecule has 1 aromatic heterocycles. The Morgan fingerprint density at radius 3 is 2.67 bits per heavy atom. The third-order valence-corrected chi connectivity index (χ3v) is 6.73.